The number of ether oxygens (including phenoxy) is 1. The first-order chi connectivity index (χ1) is 10.6. The second-order valence-corrected chi connectivity index (χ2v) is 6.42. The van der Waals surface area contributed by atoms with E-state index in [1.54, 1.807) is 0 Å². The van der Waals surface area contributed by atoms with Crippen LogP contribution < -0.4 is 5.32 Å². The Balaban J connectivity index is 1.72. The second-order valence-electron chi connectivity index (χ2n) is 6.42. The number of hydrogen-bond donors (Lipinski definition) is 1. The molecule has 1 amide bonds. The number of allylic oxidation sites excluding steroid dienone is 1. The Morgan fingerprint density at radius 1 is 1.32 bits per heavy atom. The molecule has 2 atom stereocenters. The Labute approximate surface area is 133 Å². The highest BCUT2D eigenvalue weighted by Gasteiger charge is 2.28. The summed E-state index contributed by atoms with van der Waals surface area (Å²) in [6.45, 7) is 3.39. The number of esters is 1. The fraction of sp³-hybridized carbons (Fsp3) is 0.765. The van der Waals surface area contributed by atoms with Gasteiger partial charge in [0.2, 0.25) is 5.91 Å². The highest BCUT2D eigenvalue weighted by atomic mass is 16.5. The Morgan fingerprint density at radius 2 is 2.05 bits per heavy atom. The van der Waals surface area contributed by atoms with Gasteiger partial charge in [0.25, 0.3) is 0 Å². The van der Waals surface area contributed by atoms with Gasteiger partial charge in [0.15, 0.2) is 0 Å². The molecule has 0 spiro atoms. The topological polar surface area (TPSA) is 58.6 Å². The standard InChI is InChI=1S/C17H28N2O3/c1-13(18-15-6-4-3-5-7-15)12-16(20)19-10-8-14(9-11-19)17(21)22-2/h4,6,13-15,18H,3,5,7-12H2,1-2H3/t13-,15+/m0/s1. The van der Waals surface area contributed by atoms with Gasteiger partial charge in [0.05, 0.1) is 13.0 Å². The molecular formula is C17H28N2O3. The third-order valence-electron chi connectivity index (χ3n) is 4.62. The van der Waals surface area contributed by atoms with Crippen LogP contribution in [0.1, 0.15) is 45.4 Å². The summed E-state index contributed by atoms with van der Waals surface area (Å²) in [7, 11) is 1.42. The molecule has 0 aromatic carbocycles. The van der Waals surface area contributed by atoms with E-state index in [9.17, 15) is 9.59 Å². The van der Waals surface area contributed by atoms with Gasteiger partial charge in [-0.1, -0.05) is 12.2 Å². The van der Waals surface area contributed by atoms with E-state index in [0.29, 0.717) is 38.4 Å². The molecule has 1 heterocycles. The zero-order valence-electron chi connectivity index (χ0n) is 13.7. The van der Waals surface area contributed by atoms with Crippen LogP contribution in [0.3, 0.4) is 0 Å². The molecule has 5 nitrogen and oxygen atoms in total. The van der Waals surface area contributed by atoms with E-state index in [4.69, 9.17) is 4.74 Å². The molecule has 1 fully saturated rings. The van der Waals surface area contributed by atoms with E-state index in [-0.39, 0.29) is 23.8 Å². The number of nitrogens with one attached hydrogen (secondary N) is 1. The number of rotatable bonds is 5. The molecule has 1 N–H and O–H groups in total. The average molecular weight is 308 g/mol. The van der Waals surface area contributed by atoms with Crippen molar-refractivity contribution in [3.05, 3.63) is 12.2 Å². The summed E-state index contributed by atoms with van der Waals surface area (Å²) < 4.78 is 4.78. The number of carbonyl (C=O) groups excluding carboxylic acids is 2. The zero-order chi connectivity index (χ0) is 15.9. The summed E-state index contributed by atoms with van der Waals surface area (Å²) in [4.78, 5) is 25.7. The van der Waals surface area contributed by atoms with Crippen molar-refractivity contribution < 1.29 is 14.3 Å². The van der Waals surface area contributed by atoms with Crippen LogP contribution in [0.15, 0.2) is 12.2 Å². The van der Waals surface area contributed by atoms with Crippen LogP contribution in [0.5, 0.6) is 0 Å². The molecule has 0 aromatic rings. The third-order valence-corrected chi connectivity index (χ3v) is 4.62. The Morgan fingerprint density at radius 3 is 2.64 bits per heavy atom. The van der Waals surface area contributed by atoms with Crippen LogP contribution in [0.2, 0.25) is 0 Å². The van der Waals surface area contributed by atoms with E-state index >= 15 is 0 Å². The summed E-state index contributed by atoms with van der Waals surface area (Å²) in [5.74, 6) is -0.00806. The van der Waals surface area contributed by atoms with Crippen molar-refractivity contribution in [1.29, 1.82) is 0 Å². The Hall–Kier alpha value is -1.36. The number of hydrogen-bond acceptors (Lipinski definition) is 4. The highest BCUT2D eigenvalue weighted by Crippen LogP contribution is 2.19. The van der Waals surface area contributed by atoms with Gasteiger partial charge < -0.3 is 15.0 Å². The van der Waals surface area contributed by atoms with Crippen molar-refractivity contribution in [3.8, 4) is 0 Å². The molecule has 2 aliphatic rings. The molecule has 0 bridgehead atoms. The van der Waals surface area contributed by atoms with E-state index in [1.807, 2.05) is 4.90 Å². The van der Waals surface area contributed by atoms with Crippen molar-refractivity contribution in [1.82, 2.24) is 10.2 Å². The van der Waals surface area contributed by atoms with E-state index in [1.165, 1.54) is 20.0 Å². The molecule has 1 saturated heterocycles. The lowest BCUT2D eigenvalue weighted by molar-refractivity contribution is -0.149. The Bertz CT molecular complexity index is 414. The largest absolute Gasteiger partial charge is 0.469 e. The third kappa shape index (κ3) is 4.83. The van der Waals surface area contributed by atoms with Crippen molar-refractivity contribution >= 4 is 11.9 Å². The molecule has 124 valence electrons. The van der Waals surface area contributed by atoms with Crippen LogP contribution in [-0.4, -0.2) is 49.1 Å². The van der Waals surface area contributed by atoms with Crippen LogP contribution >= 0.6 is 0 Å². The molecule has 0 saturated carbocycles. The van der Waals surface area contributed by atoms with Crippen LogP contribution in [-0.2, 0) is 14.3 Å². The highest BCUT2D eigenvalue weighted by molar-refractivity contribution is 5.77. The van der Waals surface area contributed by atoms with Gasteiger partial charge in [-0.2, -0.15) is 0 Å². The van der Waals surface area contributed by atoms with Gasteiger partial charge in [-0.15, -0.1) is 0 Å². The summed E-state index contributed by atoms with van der Waals surface area (Å²) in [6, 6.07) is 0.584. The summed E-state index contributed by atoms with van der Waals surface area (Å²) in [5, 5.41) is 3.52. The van der Waals surface area contributed by atoms with Crippen LogP contribution in [0.25, 0.3) is 0 Å². The van der Waals surface area contributed by atoms with Gasteiger partial charge in [-0.25, -0.2) is 0 Å². The van der Waals surface area contributed by atoms with Crippen molar-refractivity contribution in [3.63, 3.8) is 0 Å². The van der Waals surface area contributed by atoms with Crippen molar-refractivity contribution in [2.24, 2.45) is 5.92 Å². The quantitative estimate of drug-likeness (QED) is 0.622. The minimum absolute atomic E-state index is 0.0445. The van der Waals surface area contributed by atoms with E-state index < -0.39 is 0 Å². The first-order valence-corrected chi connectivity index (χ1v) is 8.38. The maximum atomic E-state index is 12.3. The van der Waals surface area contributed by atoms with Crippen molar-refractivity contribution in [2.75, 3.05) is 20.2 Å². The van der Waals surface area contributed by atoms with Crippen LogP contribution in [0.4, 0.5) is 0 Å². The zero-order valence-corrected chi connectivity index (χ0v) is 13.7. The van der Waals surface area contributed by atoms with E-state index in [2.05, 4.69) is 24.4 Å². The second kappa shape index (κ2) is 8.32. The van der Waals surface area contributed by atoms with Gasteiger partial charge >= 0.3 is 5.97 Å². The van der Waals surface area contributed by atoms with E-state index in [0.717, 1.165) is 6.42 Å². The number of amides is 1. The Kier molecular flexibility index (Phi) is 6.43. The predicted molar refractivity (Wildman–Crippen MR) is 85.3 cm³/mol. The first-order valence-electron chi connectivity index (χ1n) is 8.38. The lowest BCUT2D eigenvalue weighted by Crippen LogP contribution is -2.44. The fourth-order valence-electron chi connectivity index (χ4n) is 3.30. The summed E-state index contributed by atoms with van der Waals surface area (Å²) >= 11 is 0. The predicted octanol–water partition coefficient (Wildman–Crippen LogP) is 1.87. The van der Waals surface area contributed by atoms with Crippen molar-refractivity contribution in [2.45, 2.75) is 57.5 Å². The normalized spacial score (nSPS) is 24.1. The molecule has 22 heavy (non-hydrogen) atoms. The van der Waals surface area contributed by atoms with Gasteiger partial charge in [0.1, 0.15) is 0 Å². The molecular weight excluding hydrogens is 280 g/mol. The molecule has 5 heteroatoms. The molecule has 1 aliphatic carbocycles. The average Bonchev–Trinajstić information content (AvgIpc) is 2.55. The molecule has 2 rings (SSSR count). The molecule has 0 unspecified atom stereocenters. The fourth-order valence-corrected chi connectivity index (χ4v) is 3.30. The lowest BCUT2D eigenvalue weighted by atomic mass is 9.96. The molecule has 0 aromatic heterocycles. The minimum Gasteiger partial charge on any atom is -0.469 e. The number of carbonyl (C=O) groups is 2. The van der Waals surface area contributed by atoms with Gasteiger partial charge in [-0.05, 0) is 39.0 Å². The number of methoxy groups -OCH3 is 1. The lowest BCUT2D eigenvalue weighted by Gasteiger charge is -2.32. The number of likely N-dealkylation sites (tertiary alicyclic amines) is 1. The maximum Gasteiger partial charge on any atom is 0.308 e. The van der Waals surface area contributed by atoms with Gasteiger partial charge in [-0.3, -0.25) is 9.59 Å². The monoisotopic (exact) mass is 308 g/mol. The number of piperidine rings is 1. The summed E-state index contributed by atoms with van der Waals surface area (Å²) in [6.07, 6.45) is 9.92. The molecule has 1 aliphatic heterocycles. The number of nitrogens with zero attached hydrogens (tertiary/aromatic N) is 1. The van der Waals surface area contributed by atoms with Gasteiger partial charge in [0, 0.05) is 31.6 Å². The van der Waals surface area contributed by atoms with Crippen LogP contribution in [0, 0.1) is 5.92 Å². The maximum absolute atomic E-state index is 12.3. The molecule has 0 radical (unpaired) electrons. The SMILES string of the molecule is COC(=O)C1CCN(C(=O)C[C@H](C)N[C@@H]2C=CCCC2)CC1. The first kappa shape index (κ1) is 17.0. The minimum atomic E-state index is -0.147. The smallest absolute Gasteiger partial charge is 0.308 e. The summed E-state index contributed by atoms with van der Waals surface area (Å²) in [5.41, 5.74) is 0.